The summed E-state index contributed by atoms with van der Waals surface area (Å²) in [6.07, 6.45) is 1.01. The summed E-state index contributed by atoms with van der Waals surface area (Å²) in [7, 11) is -7.63. The average molecular weight is 536 g/mol. The van der Waals surface area contributed by atoms with Gasteiger partial charge >= 0.3 is 0 Å². The van der Waals surface area contributed by atoms with E-state index in [2.05, 4.69) is 10.0 Å². The summed E-state index contributed by atoms with van der Waals surface area (Å²) < 4.78 is 53.8. The largest absolute Gasteiger partial charge is 0.324 e. The number of halogens is 1. The minimum atomic E-state index is -3.84. The fourth-order valence-electron chi connectivity index (χ4n) is 3.38. The van der Waals surface area contributed by atoms with Crippen LogP contribution in [0.5, 0.6) is 0 Å². The minimum Gasteiger partial charge on any atom is -0.324 e. The first kappa shape index (κ1) is 26.5. The molecule has 0 saturated heterocycles. The summed E-state index contributed by atoms with van der Waals surface area (Å²) in [5.74, 6) is -0.589. The molecule has 0 bridgehead atoms. The van der Waals surface area contributed by atoms with E-state index in [0.717, 1.165) is 21.7 Å². The molecule has 35 heavy (non-hydrogen) atoms. The molecule has 0 aliphatic heterocycles. The molecule has 3 aromatic carbocycles. The van der Waals surface area contributed by atoms with E-state index in [1.165, 1.54) is 55.5 Å². The van der Waals surface area contributed by atoms with Gasteiger partial charge in [0.25, 0.3) is 10.0 Å². The number of hydrogen-bond acceptors (Lipinski definition) is 5. The zero-order valence-electron chi connectivity index (χ0n) is 19.6. The van der Waals surface area contributed by atoms with Gasteiger partial charge in [-0.2, -0.15) is 0 Å². The fourth-order valence-corrected chi connectivity index (χ4v) is 5.73. The molecule has 3 aromatic rings. The maximum Gasteiger partial charge on any atom is 0.261 e. The highest BCUT2D eigenvalue weighted by Gasteiger charge is 2.29. The molecule has 0 aliphatic carbocycles. The van der Waals surface area contributed by atoms with Crippen molar-refractivity contribution in [3.63, 3.8) is 0 Å². The zero-order chi connectivity index (χ0) is 26.0. The number of carbonyl (C=O) groups excluding carboxylic acids is 1. The molecular weight excluding hydrogens is 510 g/mol. The quantitative estimate of drug-likeness (QED) is 0.439. The highest BCUT2D eigenvalue weighted by molar-refractivity contribution is 7.92. The Morgan fingerprint density at radius 3 is 1.97 bits per heavy atom. The third kappa shape index (κ3) is 6.53. The summed E-state index contributed by atoms with van der Waals surface area (Å²) in [5, 5.41) is 3.06. The van der Waals surface area contributed by atoms with Crippen LogP contribution in [0, 0.1) is 13.8 Å². The van der Waals surface area contributed by atoms with Crippen molar-refractivity contribution in [3.8, 4) is 0 Å². The third-order valence-corrected chi connectivity index (χ3v) is 8.25. The maximum atomic E-state index is 12.8. The number of aryl methyl sites for hydroxylation is 2. The van der Waals surface area contributed by atoms with Crippen LogP contribution in [0.15, 0.2) is 71.6 Å². The van der Waals surface area contributed by atoms with Crippen molar-refractivity contribution in [2.75, 3.05) is 20.6 Å². The summed E-state index contributed by atoms with van der Waals surface area (Å²) in [4.78, 5) is 12.9. The van der Waals surface area contributed by atoms with E-state index in [1.54, 1.807) is 12.1 Å². The summed E-state index contributed by atoms with van der Waals surface area (Å²) in [6.45, 7) is 5.28. The van der Waals surface area contributed by atoms with Gasteiger partial charge in [0.1, 0.15) is 6.04 Å². The first-order chi connectivity index (χ1) is 16.3. The maximum absolute atomic E-state index is 12.8. The average Bonchev–Trinajstić information content (AvgIpc) is 2.77. The predicted molar refractivity (Wildman–Crippen MR) is 140 cm³/mol. The molecule has 186 valence electrons. The van der Waals surface area contributed by atoms with E-state index in [0.29, 0.717) is 22.1 Å². The second-order valence-electron chi connectivity index (χ2n) is 8.13. The lowest BCUT2D eigenvalue weighted by molar-refractivity contribution is -0.116. The van der Waals surface area contributed by atoms with E-state index in [9.17, 15) is 21.6 Å². The predicted octanol–water partition coefficient (Wildman–Crippen LogP) is 4.55. The minimum absolute atomic E-state index is 0.0145. The first-order valence-corrected chi connectivity index (χ1v) is 14.2. The lowest BCUT2D eigenvalue weighted by Crippen LogP contribution is -2.45. The summed E-state index contributed by atoms with van der Waals surface area (Å²) in [5.41, 5.74) is 3.06. The van der Waals surface area contributed by atoms with Gasteiger partial charge in [-0.25, -0.2) is 16.8 Å². The van der Waals surface area contributed by atoms with E-state index in [1.807, 2.05) is 19.9 Å². The van der Waals surface area contributed by atoms with Crippen LogP contribution in [0.3, 0.4) is 0 Å². The van der Waals surface area contributed by atoms with E-state index in [4.69, 9.17) is 11.6 Å². The topological polar surface area (TPSA) is 113 Å². The first-order valence-electron chi connectivity index (χ1n) is 10.5. The molecule has 1 amide bonds. The number of carbonyl (C=O) groups is 1. The third-order valence-electron chi connectivity index (χ3n) is 5.36. The summed E-state index contributed by atoms with van der Waals surface area (Å²) >= 11 is 5.89. The number of rotatable bonds is 8. The second kappa shape index (κ2) is 10.3. The van der Waals surface area contributed by atoms with Crippen LogP contribution in [0.2, 0.25) is 5.02 Å². The summed E-state index contributed by atoms with van der Waals surface area (Å²) in [6, 6.07) is 15.9. The molecule has 0 unspecified atom stereocenters. The van der Waals surface area contributed by atoms with Crippen molar-refractivity contribution in [1.29, 1.82) is 0 Å². The van der Waals surface area contributed by atoms with E-state index < -0.39 is 32.0 Å². The van der Waals surface area contributed by atoms with Gasteiger partial charge in [0.2, 0.25) is 15.9 Å². The lowest BCUT2D eigenvalue weighted by atomic mass is 10.1. The number of benzene rings is 3. The molecule has 0 radical (unpaired) electrons. The van der Waals surface area contributed by atoms with E-state index >= 15 is 0 Å². The van der Waals surface area contributed by atoms with Crippen LogP contribution in [0.25, 0.3) is 0 Å². The van der Waals surface area contributed by atoms with Crippen molar-refractivity contribution in [2.24, 2.45) is 0 Å². The highest BCUT2D eigenvalue weighted by atomic mass is 35.5. The molecule has 8 nitrogen and oxygen atoms in total. The van der Waals surface area contributed by atoms with Crippen LogP contribution < -0.4 is 14.3 Å². The molecule has 0 fully saturated rings. The lowest BCUT2D eigenvalue weighted by Gasteiger charge is -2.28. The van der Waals surface area contributed by atoms with Gasteiger partial charge < -0.3 is 5.32 Å². The monoisotopic (exact) mass is 535 g/mol. The molecule has 0 spiro atoms. The Morgan fingerprint density at radius 1 is 0.857 bits per heavy atom. The van der Waals surface area contributed by atoms with Crippen molar-refractivity contribution >= 4 is 54.6 Å². The molecule has 11 heteroatoms. The SMILES string of the molecule is Cc1ccc(NS(=O)(=O)c2ccc(NC(=O)[C@H](C)N(c3ccc(Cl)cc3)S(C)(=O)=O)cc2)cc1C. The number of amides is 1. The van der Waals surface area contributed by atoms with Gasteiger partial charge in [-0.1, -0.05) is 17.7 Å². The fraction of sp³-hybridized carbons (Fsp3) is 0.208. The molecular formula is C24H26ClN3O5S2. The van der Waals surface area contributed by atoms with Crippen molar-refractivity contribution < 1.29 is 21.6 Å². The Kier molecular flexibility index (Phi) is 7.78. The number of sulfonamides is 2. The second-order valence-corrected chi connectivity index (χ2v) is 12.1. The van der Waals surface area contributed by atoms with Gasteiger partial charge in [0.05, 0.1) is 16.8 Å². The number of hydrogen-bond donors (Lipinski definition) is 2. The molecule has 0 saturated carbocycles. The van der Waals surface area contributed by atoms with Crippen LogP contribution >= 0.6 is 11.6 Å². The Labute approximate surface area is 211 Å². The number of nitrogens with zero attached hydrogens (tertiary/aromatic N) is 1. The Bertz CT molecular complexity index is 1440. The smallest absolute Gasteiger partial charge is 0.261 e. The molecule has 3 rings (SSSR count). The van der Waals surface area contributed by atoms with Gasteiger partial charge in [-0.05, 0) is 92.6 Å². The number of nitrogens with one attached hydrogen (secondary N) is 2. The number of anilines is 3. The Balaban J connectivity index is 1.76. The zero-order valence-corrected chi connectivity index (χ0v) is 22.0. The van der Waals surface area contributed by atoms with Crippen molar-refractivity contribution in [3.05, 3.63) is 82.9 Å². The normalized spacial score (nSPS) is 12.6. The standard InChI is InChI=1S/C24H26ClN3O5S2/c1-16-5-8-21(15-17(16)2)27-35(32,33)23-13-9-20(10-14-23)26-24(29)18(3)28(34(4,30)31)22-11-6-19(25)7-12-22/h5-15,18,27H,1-4H3,(H,26,29)/t18-/m0/s1. The van der Waals surface area contributed by atoms with Gasteiger partial charge in [-0.3, -0.25) is 13.8 Å². The Morgan fingerprint density at radius 2 is 1.43 bits per heavy atom. The molecule has 0 aliphatic rings. The highest BCUT2D eigenvalue weighted by Crippen LogP contribution is 2.24. The van der Waals surface area contributed by atoms with Crippen LogP contribution in [-0.2, 0) is 24.8 Å². The van der Waals surface area contributed by atoms with Crippen LogP contribution in [0.4, 0.5) is 17.1 Å². The van der Waals surface area contributed by atoms with Gasteiger partial charge in [0, 0.05) is 16.4 Å². The molecule has 0 heterocycles. The van der Waals surface area contributed by atoms with Crippen molar-refractivity contribution in [1.82, 2.24) is 0 Å². The Hall–Kier alpha value is -3.08. The van der Waals surface area contributed by atoms with Crippen LogP contribution in [-0.4, -0.2) is 35.0 Å². The van der Waals surface area contributed by atoms with Gasteiger partial charge in [0.15, 0.2) is 0 Å². The molecule has 2 N–H and O–H groups in total. The van der Waals surface area contributed by atoms with E-state index in [-0.39, 0.29) is 4.90 Å². The molecule has 0 aromatic heterocycles. The van der Waals surface area contributed by atoms with Crippen LogP contribution in [0.1, 0.15) is 18.1 Å². The molecule has 1 atom stereocenters. The van der Waals surface area contributed by atoms with Crippen molar-refractivity contribution in [2.45, 2.75) is 31.7 Å². The van der Waals surface area contributed by atoms with Gasteiger partial charge in [-0.15, -0.1) is 0 Å².